The number of anilines is 1. The zero-order chi connectivity index (χ0) is 21.4. The van der Waals surface area contributed by atoms with E-state index >= 15 is 0 Å². The van der Waals surface area contributed by atoms with Crippen LogP contribution < -0.4 is 10.9 Å². The van der Waals surface area contributed by atoms with Gasteiger partial charge < -0.3 is 5.32 Å². The van der Waals surface area contributed by atoms with Crippen molar-refractivity contribution >= 4 is 44.7 Å². The molecule has 0 unspecified atom stereocenters. The molecule has 2 heterocycles. The lowest BCUT2D eigenvalue weighted by molar-refractivity contribution is -0.116. The lowest BCUT2D eigenvalue weighted by atomic mass is 9.97. The first-order chi connectivity index (χ1) is 15.1. The van der Waals surface area contributed by atoms with Gasteiger partial charge in [-0.15, -0.1) is 11.3 Å². The first kappa shape index (κ1) is 20.0. The molecule has 4 aromatic rings. The van der Waals surface area contributed by atoms with Crippen molar-refractivity contribution in [3.8, 4) is 11.4 Å². The largest absolute Gasteiger partial charge is 0.325 e. The summed E-state index contributed by atoms with van der Waals surface area (Å²) in [7, 11) is 0. The number of carbonyl (C=O) groups excluding carboxylic acids is 1. The van der Waals surface area contributed by atoms with Crippen LogP contribution in [0.25, 0.3) is 21.6 Å². The van der Waals surface area contributed by atoms with Crippen LogP contribution in [-0.2, 0) is 24.2 Å². The summed E-state index contributed by atoms with van der Waals surface area (Å²) in [5, 5.41) is 4.12. The second kappa shape index (κ2) is 8.29. The van der Waals surface area contributed by atoms with Crippen LogP contribution in [0.1, 0.15) is 23.3 Å². The molecule has 0 bridgehead atoms. The molecule has 1 N–H and O–H groups in total. The van der Waals surface area contributed by atoms with E-state index in [2.05, 4.69) is 5.32 Å². The van der Waals surface area contributed by atoms with Gasteiger partial charge in [0, 0.05) is 21.2 Å². The summed E-state index contributed by atoms with van der Waals surface area (Å²) in [6.45, 7) is -0.112. The molecule has 1 aliphatic rings. The number of amides is 1. The summed E-state index contributed by atoms with van der Waals surface area (Å²) >= 11 is 7.54. The van der Waals surface area contributed by atoms with Gasteiger partial charge in [0.1, 0.15) is 17.2 Å². The molecule has 0 saturated carbocycles. The van der Waals surface area contributed by atoms with E-state index in [4.69, 9.17) is 16.6 Å². The van der Waals surface area contributed by atoms with Crippen molar-refractivity contribution in [3.05, 3.63) is 80.4 Å². The van der Waals surface area contributed by atoms with Gasteiger partial charge in [-0.3, -0.25) is 14.2 Å². The average molecular weight is 450 g/mol. The number of halogens is 1. The second-order valence-electron chi connectivity index (χ2n) is 7.64. The fourth-order valence-corrected chi connectivity index (χ4v) is 5.45. The van der Waals surface area contributed by atoms with Crippen molar-refractivity contribution in [2.75, 3.05) is 5.32 Å². The Bertz CT molecular complexity index is 1330. The number of benzene rings is 2. The van der Waals surface area contributed by atoms with Crippen molar-refractivity contribution < 1.29 is 4.79 Å². The topological polar surface area (TPSA) is 64.0 Å². The molecule has 156 valence electrons. The molecule has 0 saturated heterocycles. The maximum Gasteiger partial charge on any atom is 0.263 e. The summed E-state index contributed by atoms with van der Waals surface area (Å²) in [6.07, 6.45) is 4.11. The van der Waals surface area contributed by atoms with Crippen LogP contribution in [0.5, 0.6) is 0 Å². The maximum atomic E-state index is 13.6. The van der Waals surface area contributed by atoms with Gasteiger partial charge in [0.25, 0.3) is 5.56 Å². The van der Waals surface area contributed by atoms with E-state index in [1.165, 1.54) is 9.44 Å². The van der Waals surface area contributed by atoms with E-state index in [0.717, 1.165) is 41.6 Å². The molecule has 1 aliphatic carbocycles. The zero-order valence-corrected chi connectivity index (χ0v) is 18.3. The Labute approximate surface area is 188 Å². The monoisotopic (exact) mass is 449 g/mol. The second-order valence-corrected chi connectivity index (χ2v) is 9.16. The molecular weight excluding hydrogens is 430 g/mol. The number of rotatable bonds is 4. The predicted molar refractivity (Wildman–Crippen MR) is 126 cm³/mol. The maximum absolute atomic E-state index is 13.6. The number of thiophene rings is 1. The molecule has 7 heteroatoms. The Hall–Kier alpha value is -2.96. The molecule has 0 aliphatic heterocycles. The van der Waals surface area contributed by atoms with Gasteiger partial charge >= 0.3 is 0 Å². The minimum absolute atomic E-state index is 0.112. The third-order valence-corrected chi connectivity index (χ3v) is 6.97. The minimum atomic E-state index is -0.285. The molecular formula is C24H20ClN3O2S. The highest BCUT2D eigenvalue weighted by molar-refractivity contribution is 7.18. The van der Waals surface area contributed by atoms with E-state index in [1.54, 1.807) is 35.6 Å². The number of carbonyl (C=O) groups is 1. The van der Waals surface area contributed by atoms with Gasteiger partial charge in [-0.05, 0) is 55.5 Å². The molecule has 0 fully saturated rings. The van der Waals surface area contributed by atoms with Gasteiger partial charge in [-0.1, -0.05) is 41.9 Å². The van der Waals surface area contributed by atoms with Gasteiger partial charge in [-0.25, -0.2) is 4.98 Å². The number of hydrogen-bond donors (Lipinski definition) is 1. The predicted octanol–water partition coefficient (Wildman–Crippen LogP) is 5.30. The summed E-state index contributed by atoms with van der Waals surface area (Å²) in [5.41, 5.74) is 2.42. The molecule has 5 rings (SSSR count). The van der Waals surface area contributed by atoms with Gasteiger partial charge in [0.15, 0.2) is 0 Å². The highest BCUT2D eigenvalue weighted by Crippen LogP contribution is 2.34. The van der Waals surface area contributed by atoms with Crippen LogP contribution in [0.4, 0.5) is 5.69 Å². The Balaban J connectivity index is 1.60. The molecule has 0 spiro atoms. The quantitative estimate of drug-likeness (QED) is 0.460. The van der Waals surface area contributed by atoms with Crippen LogP contribution in [0.2, 0.25) is 5.02 Å². The molecule has 2 aromatic heterocycles. The zero-order valence-electron chi connectivity index (χ0n) is 16.7. The van der Waals surface area contributed by atoms with E-state index in [-0.39, 0.29) is 18.0 Å². The molecule has 31 heavy (non-hydrogen) atoms. The number of fused-ring (bicyclic) bond motifs is 3. The highest BCUT2D eigenvalue weighted by Gasteiger charge is 2.23. The third kappa shape index (κ3) is 3.89. The smallest absolute Gasteiger partial charge is 0.263 e. The van der Waals surface area contributed by atoms with Gasteiger partial charge in [0.05, 0.1) is 5.39 Å². The Morgan fingerprint density at radius 2 is 1.81 bits per heavy atom. The third-order valence-electron chi connectivity index (χ3n) is 5.54. The van der Waals surface area contributed by atoms with Crippen molar-refractivity contribution in [1.82, 2.24) is 9.55 Å². The van der Waals surface area contributed by atoms with Crippen LogP contribution in [0.15, 0.2) is 59.4 Å². The Kier molecular flexibility index (Phi) is 5.34. The minimum Gasteiger partial charge on any atom is -0.325 e. The standard InChI is InChI=1S/C24H20ClN3O2S/c25-16-10-12-17(13-11-16)26-20(29)14-28-22(15-6-2-1-3-7-15)27-23-21(24(28)30)18-8-4-5-9-19(18)31-23/h1-3,6-7,10-13H,4-5,8-9,14H2,(H,26,29). The summed E-state index contributed by atoms with van der Waals surface area (Å²) < 4.78 is 1.50. The summed E-state index contributed by atoms with van der Waals surface area (Å²) in [4.78, 5) is 33.4. The van der Waals surface area contributed by atoms with Gasteiger partial charge in [0.2, 0.25) is 5.91 Å². The van der Waals surface area contributed by atoms with Crippen molar-refractivity contribution in [1.29, 1.82) is 0 Å². The summed E-state index contributed by atoms with van der Waals surface area (Å²) in [6, 6.07) is 16.4. The van der Waals surface area contributed by atoms with Gasteiger partial charge in [-0.2, -0.15) is 0 Å². The number of aromatic nitrogens is 2. The Morgan fingerprint density at radius 1 is 1.06 bits per heavy atom. The first-order valence-corrected chi connectivity index (χ1v) is 11.5. The highest BCUT2D eigenvalue weighted by atomic mass is 35.5. The SMILES string of the molecule is O=C(Cn1c(-c2ccccc2)nc2sc3c(c2c1=O)CCCC3)Nc1ccc(Cl)cc1. The van der Waals surface area contributed by atoms with E-state index in [1.807, 2.05) is 30.3 Å². The number of hydrogen-bond acceptors (Lipinski definition) is 4. The molecule has 5 nitrogen and oxygen atoms in total. The normalized spacial score (nSPS) is 13.2. The van der Waals surface area contributed by atoms with E-state index in [0.29, 0.717) is 21.9 Å². The van der Waals surface area contributed by atoms with Crippen LogP contribution >= 0.6 is 22.9 Å². The molecule has 0 radical (unpaired) electrons. The van der Waals surface area contributed by atoms with Crippen LogP contribution in [0, 0.1) is 0 Å². The lowest BCUT2D eigenvalue weighted by Gasteiger charge is -2.14. The van der Waals surface area contributed by atoms with Crippen molar-refractivity contribution in [2.24, 2.45) is 0 Å². The number of nitrogens with zero attached hydrogens (tertiary/aromatic N) is 2. The molecule has 2 aromatic carbocycles. The first-order valence-electron chi connectivity index (χ1n) is 10.3. The number of nitrogens with one attached hydrogen (secondary N) is 1. The van der Waals surface area contributed by atoms with E-state index < -0.39 is 0 Å². The Morgan fingerprint density at radius 3 is 2.58 bits per heavy atom. The fraction of sp³-hybridized carbons (Fsp3) is 0.208. The van der Waals surface area contributed by atoms with E-state index in [9.17, 15) is 9.59 Å². The molecule has 0 atom stereocenters. The van der Waals surface area contributed by atoms with Crippen molar-refractivity contribution in [3.63, 3.8) is 0 Å². The molecule has 1 amide bonds. The number of aryl methyl sites for hydroxylation is 2. The van der Waals surface area contributed by atoms with Crippen molar-refractivity contribution in [2.45, 2.75) is 32.2 Å². The van der Waals surface area contributed by atoms with Crippen LogP contribution in [0.3, 0.4) is 0 Å². The lowest BCUT2D eigenvalue weighted by Crippen LogP contribution is -2.30. The van der Waals surface area contributed by atoms with Crippen LogP contribution in [-0.4, -0.2) is 15.5 Å². The average Bonchev–Trinajstić information content (AvgIpc) is 3.16. The fourth-order valence-electron chi connectivity index (χ4n) is 4.07. The summed E-state index contributed by atoms with van der Waals surface area (Å²) in [5.74, 6) is 0.231.